The number of benzene rings is 1. The van der Waals surface area contributed by atoms with Crippen LogP contribution in [0.4, 0.5) is 5.00 Å². The Bertz CT molecular complexity index is 1010. The minimum atomic E-state index is -1.34. The molecule has 1 atom stereocenters. The van der Waals surface area contributed by atoms with Crippen LogP contribution in [-0.2, 0) is 4.79 Å². The molecule has 1 aliphatic rings. The van der Waals surface area contributed by atoms with Crippen molar-refractivity contribution in [2.24, 2.45) is 4.99 Å². The summed E-state index contributed by atoms with van der Waals surface area (Å²) in [5.74, 6) is -0.0339. The Morgan fingerprint density at radius 2 is 2.00 bits per heavy atom. The van der Waals surface area contributed by atoms with Gasteiger partial charge < -0.3 is 5.32 Å². The van der Waals surface area contributed by atoms with E-state index in [1.54, 1.807) is 26.0 Å². The molecule has 0 saturated carbocycles. The highest BCUT2D eigenvalue weighted by Gasteiger charge is 2.42. The van der Waals surface area contributed by atoms with E-state index in [1.807, 2.05) is 26.0 Å². The Morgan fingerprint density at radius 3 is 2.59 bits per heavy atom. The molecule has 1 aromatic heterocycles. The molecule has 1 amide bonds. The number of aromatic nitrogens is 1. The van der Waals surface area contributed by atoms with E-state index in [4.69, 9.17) is 27.4 Å². The second-order valence-corrected chi connectivity index (χ2v) is 8.24. The van der Waals surface area contributed by atoms with Gasteiger partial charge in [-0.15, -0.1) is 0 Å². The van der Waals surface area contributed by atoms with E-state index >= 15 is 0 Å². The number of aliphatic imine (C=N–C) groups is 1. The van der Waals surface area contributed by atoms with Gasteiger partial charge in [-0.3, -0.25) is 20.5 Å². The zero-order chi connectivity index (χ0) is 21.3. The first kappa shape index (κ1) is 21.1. The molecule has 9 heteroatoms. The standard InChI is InChI=1S/C20H23ClN6OS/c1-5-6-15(28)24-20(4)19(23)27(12(3)22)18-16(11(2)26-29-18)17(25-20)13-7-9-14(21)10-8-13/h7-10,22-23H,5-6H2,1-4H3,(H,24,28). The van der Waals surface area contributed by atoms with Crippen LogP contribution in [0.25, 0.3) is 0 Å². The fraction of sp³-hybridized carbons (Fsp3) is 0.350. The third-order valence-corrected chi connectivity index (χ3v) is 5.79. The summed E-state index contributed by atoms with van der Waals surface area (Å²) in [4.78, 5) is 18.8. The summed E-state index contributed by atoms with van der Waals surface area (Å²) in [5.41, 5.74) is 1.57. The third kappa shape index (κ3) is 3.95. The first-order valence-corrected chi connectivity index (χ1v) is 10.4. The SMILES string of the molecule is CCCC(=O)NC1(C)N=C(c2ccc(Cl)cc2)c2c(C)nsc2N(C(C)=N)C1=N. The minimum absolute atomic E-state index is 0.00307. The number of aryl methyl sites for hydroxylation is 1. The van der Waals surface area contributed by atoms with Crippen LogP contribution in [0.5, 0.6) is 0 Å². The molecule has 0 aliphatic carbocycles. The highest BCUT2D eigenvalue weighted by molar-refractivity contribution is 7.11. The molecule has 0 bridgehead atoms. The van der Waals surface area contributed by atoms with Crippen molar-refractivity contribution in [1.82, 2.24) is 9.69 Å². The number of hydrogen-bond donors (Lipinski definition) is 3. The van der Waals surface area contributed by atoms with Gasteiger partial charge in [-0.05, 0) is 50.9 Å². The molecular formula is C20H23ClN6OS. The van der Waals surface area contributed by atoms with Gasteiger partial charge in [0.15, 0.2) is 11.5 Å². The van der Waals surface area contributed by atoms with Crippen molar-refractivity contribution >= 4 is 51.4 Å². The van der Waals surface area contributed by atoms with Crippen LogP contribution >= 0.6 is 23.1 Å². The fourth-order valence-electron chi connectivity index (χ4n) is 3.22. The van der Waals surface area contributed by atoms with Crippen molar-refractivity contribution < 1.29 is 4.79 Å². The minimum Gasteiger partial charge on any atom is -0.326 e. The molecular weight excluding hydrogens is 408 g/mol. The van der Waals surface area contributed by atoms with Crippen LogP contribution in [0.2, 0.25) is 5.02 Å². The lowest BCUT2D eigenvalue weighted by Gasteiger charge is -2.32. The van der Waals surface area contributed by atoms with Crippen molar-refractivity contribution in [1.29, 1.82) is 10.8 Å². The molecule has 29 heavy (non-hydrogen) atoms. The molecule has 3 rings (SSSR count). The van der Waals surface area contributed by atoms with Gasteiger partial charge in [-0.1, -0.05) is 30.7 Å². The maximum absolute atomic E-state index is 12.4. The van der Waals surface area contributed by atoms with Gasteiger partial charge >= 0.3 is 0 Å². The second kappa shape index (κ2) is 8.04. The monoisotopic (exact) mass is 430 g/mol. The summed E-state index contributed by atoms with van der Waals surface area (Å²) >= 11 is 7.27. The van der Waals surface area contributed by atoms with Crippen molar-refractivity contribution in [3.05, 3.63) is 46.1 Å². The average Bonchev–Trinajstić information content (AvgIpc) is 2.97. The Kier molecular flexibility index (Phi) is 5.86. The van der Waals surface area contributed by atoms with Gasteiger partial charge in [0.1, 0.15) is 10.8 Å². The number of carbonyl (C=O) groups is 1. The summed E-state index contributed by atoms with van der Waals surface area (Å²) < 4.78 is 4.45. The van der Waals surface area contributed by atoms with Gasteiger partial charge in [-0.2, -0.15) is 4.37 Å². The number of rotatable bonds is 4. The van der Waals surface area contributed by atoms with E-state index in [-0.39, 0.29) is 17.6 Å². The maximum Gasteiger partial charge on any atom is 0.222 e. The fourth-order valence-corrected chi connectivity index (χ4v) is 4.31. The number of amides is 1. The van der Waals surface area contributed by atoms with E-state index in [0.717, 1.165) is 16.8 Å². The highest BCUT2D eigenvalue weighted by Crippen LogP contribution is 2.37. The Balaban J connectivity index is 2.27. The number of nitrogens with one attached hydrogen (secondary N) is 3. The van der Waals surface area contributed by atoms with E-state index in [0.29, 0.717) is 28.6 Å². The average molecular weight is 431 g/mol. The van der Waals surface area contributed by atoms with Gasteiger partial charge in [0.25, 0.3) is 0 Å². The summed E-state index contributed by atoms with van der Waals surface area (Å²) in [6, 6.07) is 7.26. The first-order chi connectivity index (χ1) is 13.7. The maximum atomic E-state index is 12.4. The second-order valence-electron chi connectivity index (χ2n) is 7.06. The van der Waals surface area contributed by atoms with E-state index < -0.39 is 5.66 Å². The smallest absolute Gasteiger partial charge is 0.222 e. The van der Waals surface area contributed by atoms with Crippen LogP contribution in [0.15, 0.2) is 29.3 Å². The highest BCUT2D eigenvalue weighted by atomic mass is 35.5. The van der Waals surface area contributed by atoms with E-state index in [1.165, 1.54) is 16.4 Å². The lowest BCUT2D eigenvalue weighted by molar-refractivity contribution is -0.122. The Morgan fingerprint density at radius 1 is 1.34 bits per heavy atom. The lowest BCUT2D eigenvalue weighted by Crippen LogP contribution is -2.57. The number of carbonyl (C=O) groups excluding carboxylic acids is 1. The van der Waals surface area contributed by atoms with Crippen molar-refractivity contribution in [2.75, 3.05) is 4.90 Å². The number of anilines is 1. The van der Waals surface area contributed by atoms with Crippen molar-refractivity contribution in [3.8, 4) is 0 Å². The molecule has 7 nitrogen and oxygen atoms in total. The third-order valence-electron chi connectivity index (χ3n) is 4.62. The molecule has 0 fully saturated rings. The Hall–Kier alpha value is -2.58. The quantitative estimate of drug-likeness (QED) is 0.495. The molecule has 0 saturated heterocycles. The number of hydrogen-bond acceptors (Lipinski definition) is 6. The molecule has 0 radical (unpaired) electrons. The van der Waals surface area contributed by atoms with E-state index in [9.17, 15) is 4.79 Å². The molecule has 152 valence electrons. The molecule has 3 N–H and O–H groups in total. The normalized spacial score (nSPS) is 18.7. The van der Waals surface area contributed by atoms with Crippen LogP contribution in [0.1, 0.15) is 50.4 Å². The zero-order valence-electron chi connectivity index (χ0n) is 16.8. The van der Waals surface area contributed by atoms with Gasteiger partial charge in [0.2, 0.25) is 5.91 Å². The summed E-state index contributed by atoms with van der Waals surface area (Å²) in [6.45, 7) is 7.09. The summed E-state index contributed by atoms with van der Waals surface area (Å²) in [7, 11) is 0. The van der Waals surface area contributed by atoms with Crippen molar-refractivity contribution in [2.45, 2.75) is 46.2 Å². The number of nitrogens with zero attached hydrogens (tertiary/aromatic N) is 3. The van der Waals surface area contributed by atoms with Crippen LogP contribution < -0.4 is 10.2 Å². The van der Waals surface area contributed by atoms with Crippen LogP contribution in [-0.4, -0.2) is 33.3 Å². The first-order valence-electron chi connectivity index (χ1n) is 9.25. The van der Waals surface area contributed by atoms with E-state index in [2.05, 4.69) is 9.69 Å². The van der Waals surface area contributed by atoms with Gasteiger partial charge in [-0.25, -0.2) is 4.99 Å². The number of halogens is 1. The van der Waals surface area contributed by atoms with Crippen LogP contribution in [0.3, 0.4) is 0 Å². The zero-order valence-corrected chi connectivity index (χ0v) is 18.3. The number of fused-ring (bicyclic) bond motifs is 1. The Labute approximate surface area is 179 Å². The topological polar surface area (TPSA) is 105 Å². The molecule has 2 heterocycles. The molecule has 2 aromatic rings. The summed E-state index contributed by atoms with van der Waals surface area (Å²) in [6.07, 6.45) is 1.02. The van der Waals surface area contributed by atoms with Gasteiger partial charge in [0, 0.05) is 17.0 Å². The molecule has 1 aliphatic heterocycles. The molecule has 1 unspecified atom stereocenters. The predicted molar refractivity (Wildman–Crippen MR) is 119 cm³/mol. The predicted octanol–water partition coefficient (Wildman–Crippen LogP) is 4.37. The van der Waals surface area contributed by atoms with Crippen LogP contribution in [0, 0.1) is 17.7 Å². The van der Waals surface area contributed by atoms with Crippen molar-refractivity contribution in [3.63, 3.8) is 0 Å². The number of amidine groups is 2. The summed E-state index contributed by atoms with van der Waals surface area (Å²) in [5, 5.41) is 21.3. The molecule has 1 aromatic carbocycles. The molecule has 0 spiro atoms. The largest absolute Gasteiger partial charge is 0.326 e. The van der Waals surface area contributed by atoms with Gasteiger partial charge in [0.05, 0.1) is 17.0 Å². The lowest BCUT2D eigenvalue weighted by atomic mass is 10.0.